The van der Waals surface area contributed by atoms with Crippen molar-refractivity contribution in [2.45, 2.75) is 62.0 Å². The van der Waals surface area contributed by atoms with Gasteiger partial charge >= 0.3 is 0 Å². The second-order valence-corrected chi connectivity index (χ2v) is 8.03. The Bertz CT molecular complexity index is 715. The Kier molecular flexibility index (Phi) is 6.28. The first-order valence-electron chi connectivity index (χ1n) is 9.46. The third-order valence-electron chi connectivity index (χ3n) is 5.60. The summed E-state index contributed by atoms with van der Waals surface area (Å²) in [6, 6.07) is 17.3. The Labute approximate surface area is 161 Å². The maximum Gasteiger partial charge on any atom is 0.120 e. The van der Waals surface area contributed by atoms with Crippen LogP contribution in [0.5, 0.6) is 5.75 Å². The van der Waals surface area contributed by atoms with Gasteiger partial charge in [0, 0.05) is 16.9 Å². The highest BCUT2D eigenvalue weighted by Gasteiger charge is 2.32. The molecule has 1 aliphatic rings. The Hall–Kier alpha value is -1.49. The van der Waals surface area contributed by atoms with Gasteiger partial charge in [-0.15, -0.1) is 0 Å². The molecule has 2 N–H and O–H groups in total. The molecule has 0 bridgehead atoms. The molecule has 0 radical (unpaired) electrons. The van der Waals surface area contributed by atoms with Crippen LogP contribution >= 0.6 is 11.9 Å². The van der Waals surface area contributed by atoms with Crippen LogP contribution in [0.4, 0.5) is 0 Å². The molecule has 1 heterocycles. The fraction of sp³-hybridized carbons (Fsp3) is 0.455. The summed E-state index contributed by atoms with van der Waals surface area (Å²) in [5, 5.41) is 10.9. The quantitative estimate of drug-likeness (QED) is 0.690. The summed E-state index contributed by atoms with van der Waals surface area (Å²) in [7, 11) is 1.70. The number of methoxy groups -OCH3 is 1. The van der Waals surface area contributed by atoms with Crippen LogP contribution in [0.2, 0.25) is 0 Å². The lowest BCUT2D eigenvalue weighted by molar-refractivity contribution is 0.0151. The molecule has 3 rings (SSSR count). The molecule has 0 unspecified atom stereocenters. The number of ether oxygens (including phenoxy) is 1. The number of hydrogen-bond donors (Lipinski definition) is 2. The largest absolute Gasteiger partial charge is 0.497 e. The van der Waals surface area contributed by atoms with E-state index in [2.05, 4.69) is 61.0 Å². The first-order valence-corrected chi connectivity index (χ1v) is 10.3. The average Bonchev–Trinajstić information content (AvgIpc) is 2.87. The number of benzene rings is 2. The maximum absolute atomic E-state index is 10.9. The van der Waals surface area contributed by atoms with Crippen LogP contribution in [0.3, 0.4) is 0 Å². The van der Waals surface area contributed by atoms with Gasteiger partial charge in [-0.05, 0) is 60.9 Å². The topological polar surface area (TPSA) is 41.5 Å². The van der Waals surface area contributed by atoms with E-state index in [0.29, 0.717) is 5.92 Å². The number of aliphatic hydroxyl groups is 1. The van der Waals surface area contributed by atoms with Crippen molar-refractivity contribution in [3.8, 4) is 5.75 Å². The summed E-state index contributed by atoms with van der Waals surface area (Å²) in [5.41, 5.74) is 2.05. The number of nitrogens with one attached hydrogen (secondary N) is 1. The molecular formula is C22H29NO2S. The van der Waals surface area contributed by atoms with Crippen LogP contribution in [0, 0.1) is 0 Å². The SMILES string of the molecule is CCC(O)(CC)C[C@@H]1C[C@@H](c2ccccc2)c2ccc(OC)cc2SN1. The molecule has 0 spiro atoms. The van der Waals surface area contributed by atoms with Crippen molar-refractivity contribution >= 4 is 11.9 Å². The molecule has 2 atom stereocenters. The van der Waals surface area contributed by atoms with E-state index in [4.69, 9.17) is 4.74 Å². The van der Waals surface area contributed by atoms with Gasteiger partial charge in [0.05, 0.1) is 12.7 Å². The Morgan fingerprint density at radius 2 is 1.88 bits per heavy atom. The molecule has 0 fully saturated rings. The second kappa shape index (κ2) is 8.47. The summed E-state index contributed by atoms with van der Waals surface area (Å²) in [6.07, 6.45) is 3.30. The number of hydrogen-bond acceptors (Lipinski definition) is 4. The minimum Gasteiger partial charge on any atom is -0.497 e. The molecule has 2 aromatic rings. The minimum atomic E-state index is -0.603. The van der Waals surface area contributed by atoms with Crippen LogP contribution in [0.1, 0.15) is 56.6 Å². The molecule has 0 aliphatic carbocycles. The minimum absolute atomic E-state index is 0.244. The number of rotatable bonds is 6. The Morgan fingerprint density at radius 1 is 1.15 bits per heavy atom. The molecule has 140 valence electrons. The van der Waals surface area contributed by atoms with Gasteiger partial charge in [0.1, 0.15) is 5.75 Å². The van der Waals surface area contributed by atoms with E-state index >= 15 is 0 Å². The van der Waals surface area contributed by atoms with Gasteiger partial charge in [-0.3, -0.25) is 4.72 Å². The molecule has 3 nitrogen and oxygen atoms in total. The molecule has 0 amide bonds. The summed E-state index contributed by atoms with van der Waals surface area (Å²) in [4.78, 5) is 1.21. The van der Waals surface area contributed by atoms with Crippen LogP contribution in [0.25, 0.3) is 0 Å². The smallest absolute Gasteiger partial charge is 0.120 e. The average molecular weight is 372 g/mol. The van der Waals surface area contributed by atoms with E-state index in [1.807, 2.05) is 6.07 Å². The molecule has 2 aromatic carbocycles. The molecule has 4 heteroatoms. The monoisotopic (exact) mass is 371 g/mol. The van der Waals surface area contributed by atoms with Crippen molar-refractivity contribution in [1.29, 1.82) is 0 Å². The molecule has 26 heavy (non-hydrogen) atoms. The highest BCUT2D eigenvalue weighted by Crippen LogP contribution is 2.41. The van der Waals surface area contributed by atoms with Gasteiger partial charge in [-0.2, -0.15) is 0 Å². The van der Waals surface area contributed by atoms with Crippen molar-refractivity contribution in [2.75, 3.05) is 7.11 Å². The van der Waals surface area contributed by atoms with Crippen molar-refractivity contribution in [3.05, 3.63) is 59.7 Å². The van der Waals surface area contributed by atoms with Gasteiger partial charge in [-0.1, -0.05) is 50.2 Å². The van der Waals surface area contributed by atoms with Crippen LogP contribution < -0.4 is 9.46 Å². The Balaban J connectivity index is 1.95. The summed E-state index contributed by atoms with van der Waals surface area (Å²) in [5.74, 6) is 1.18. The molecule has 0 saturated heterocycles. The molecular weight excluding hydrogens is 342 g/mol. The standard InChI is InChI=1S/C22H29NO2S/c1-4-22(24,5-2)15-17-13-20(16-9-7-6-8-10-16)19-12-11-18(25-3)14-21(19)26-23-17/h6-12,14,17,20,23-24H,4-5,13,15H2,1-3H3/t17-,20-/m0/s1. The van der Waals surface area contributed by atoms with Gasteiger partial charge in [0.2, 0.25) is 0 Å². The van der Waals surface area contributed by atoms with Crippen LogP contribution in [0.15, 0.2) is 53.4 Å². The zero-order chi connectivity index (χ0) is 18.6. The van der Waals surface area contributed by atoms with Crippen LogP contribution in [-0.4, -0.2) is 23.9 Å². The van der Waals surface area contributed by atoms with E-state index in [9.17, 15) is 5.11 Å². The van der Waals surface area contributed by atoms with Crippen molar-refractivity contribution < 1.29 is 9.84 Å². The first kappa shape index (κ1) is 19.3. The predicted octanol–water partition coefficient (Wildman–Crippen LogP) is 5.14. The summed E-state index contributed by atoms with van der Waals surface area (Å²) >= 11 is 1.67. The third-order valence-corrected chi connectivity index (χ3v) is 6.62. The van der Waals surface area contributed by atoms with Gasteiger partial charge in [0.15, 0.2) is 0 Å². The zero-order valence-electron chi connectivity index (χ0n) is 15.9. The number of fused-ring (bicyclic) bond motifs is 1. The molecule has 1 aliphatic heterocycles. The van der Waals surface area contributed by atoms with E-state index in [-0.39, 0.29) is 6.04 Å². The fourth-order valence-corrected chi connectivity index (χ4v) is 4.72. The van der Waals surface area contributed by atoms with Gasteiger partial charge in [0.25, 0.3) is 0 Å². The molecule has 0 aromatic heterocycles. The summed E-state index contributed by atoms with van der Waals surface area (Å²) in [6.45, 7) is 4.14. The Morgan fingerprint density at radius 3 is 2.54 bits per heavy atom. The second-order valence-electron chi connectivity index (χ2n) is 7.16. The molecule has 0 saturated carbocycles. The lowest BCUT2D eigenvalue weighted by Gasteiger charge is -2.31. The fourth-order valence-electron chi connectivity index (χ4n) is 3.75. The lowest BCUT2D eigenvalue weighted by atomic mass is 9.81. The normalized spacial score (nSPS) is 20.3. The highest BCUT2D eigenvalue weighted by atomic mass is 32.2. The predicted molar refractivity (Wildman–Crippen MR) is 109 cm³/mol. The van der Waals surface area contributed by atoms with Crippen molar-refractivity contribution in [2.24, 2.45) is 0 Å². The van der Waals surface area contributed by atoms with Crippen LogP contribution in [-0.2, 0) is 0 Å². The van der Waals surface area contributed by atoms with E-state index in [1.165, 1.54) is 16.0 Å². The first-order chi connectivity index (χ1) is 12.6. The maximum atomic E-state index is 10.9. The van der Waals surface area contributed by atoms with Gasteiger partial charge in [-0.25, -0.2) is 0 Å². The van der Waals surface area contributed by atoms with E-state index in [1.54, 1.807) is 19.1 Å². The van der Waals surface area contributed by atoms with Crippen molar-refractivity contribution in [3.63, 3.8) is 0 Å². The third kappa shape index (κ3) is 4.25. The lowest BCUT2D eigenvalue weighted by Crippen LogP contribution is -2.37. The van der Waals surface area contributed by atoms with Gasteiger partial charge < -0.3 is 9.84 Å². The zero-order valence-corrected chi connectivity index (χ0v) is 16.7. The van der Waals surface area contributed by atoms with Crippen molar-refractivity contribution in [1.82, 2.24) is 4.72 Å². The summed E-state index contributed by atoms with van der Waals surface area (Å²) < 4.78 is 9.04. The van der Waals surface area contributed by atoms with E-state index in [0.717, 1.165) is 31.4 Å². The highest BCUT2D eigenvalue weighted by molar-refractivity contribution is 7.97. The van der Waals surface area contributed by atoms with E-state index < -0.39 is 5.60 Å².